The van der Waals surface area contributed by atoms with E-state index in [1.54, 1.807) is 20.9 Å². The molecule has 2 rings (SSSR count). The minimum absolute atomic E-state index is 0.180. The van der Waals surface area contributed by atoms with Crippen LogP contribution in [0, 0.1) is 0 Å². The van der Waals surface area contributed by atoms with Gasteiger partial charge in [-0.3, -0.25) is 14.2 Å². The number of nitrogens with zero attached hydrogens (tertiary/aromatic N) is 4. The summed E-state index contributed by atoms with van der Waals surface area (Å²) in [6.45, 7) is 4.89. The number of carbonyl (C=O) groups is 1. The van der Waals surface area contributed by atoms with E-state index in [4.69, 9.17) is 4.52 Å². The van der Waals surface area contributed by atoms with E-state index in [2.05, 4.69) is 15.5 Å². The maximum Gasteiger partial charge on any atom is 0.330 e. The highest BCUT2D eigenvalue weighted by molar-refractivity contribution is 5.73. The van der Waals surface area contributed by atoms with Gasteiger partial charge in [0.05, 0.1) is 11.1 Å². The van der Waals surface area contributed by atoms with Crippen LogP contribution in [0.2, 0.25) is 0 Å². The normalized spacial score (nSPS) is 11.9. The fourth-order valence-electron chi connectivity index (χ4n) is 2.16. The van der Waals surface area contributed by atoms with Crippen LogP contribution in [0.3, 0.4) is 0 Å². The maximum absolute atomic E-state index is 12.0. The molecular weight excluding hydrogens is 314 g/mol. The number of nitrogens with one attached hydrogen (secondary N) is 1. The molecule has 0 aromatic carbocycles. The van der Waals surface area contributed by atoms with Crippen molar-refractivity contribution in [2.24, 2.45) is 14.1 Å². The molecule has 0 aliphatic heterocycles. The predicted octanol–water partition coefficient (Wildman–Crippen LogP) is 0.00860. The molecule has 1 N–H and O–H groups in total. The second-order valence-electron chi connectivity index (χ2n) is 5.94. The van der Waals surface area contributed by atoms with E-state index in [0.717, 1.165) is 4.57 Å². The standard InChI is InChI=1S/C15H19N5O4/c1-9(21)17-15(2,3)13-16-11(24-18-13)7-6-10-8-19(4)14(23)20(5)12(10)22/h6-8H,1-5H3,(H,17,21). The lowest BCUT2D eigenvalue weighted by atomic mass is 10.1. The Labute approximate surface area is 137 Å². The van der Waals surface area contributed by atoms with Crippen LogP contribution in [0.25, 0.3) is 12.2 Å². The van der Waals surface area contributed by atoms with E-state index in [9.17, 15) is 14.4 Å². The molecule has 0 atom stereocenters. The van der Waals surface area contributed by atoms with E-state index >= 15 is 0 Å². The number of hydrogen-bond donors (Lipinski definition) is 1. The molecule has 0 aliphatic rings. The molecule has 0 spiro atoms. The smallest absolute Gasteiger partial charge is 0.330 e. The number of aryl methyl sites for hydroxylation is 1. The second-order valence-corrected chi connectivity index (χ2v) is 5.94. The molecule has 0 unspecified atom stereocenters. The minimum atomic E-state index is -0.784. The first-order valence-electron chi connectivity index (χ1n) is 7.19. The summed E-state index contributed by atoms with van der Waals surface area (Å²) in [5.41, 5.74) is -1.31. The third-order valence-electron chi connectivity index (χ3n) is 3.37. The highest BCUT2D eigenvalue weighted by atomic mass is 16.5. The Morgan fingerprint density at radius 3 is 2.58 bits per heavy atom. The van der Waals surface area contributed by atoms with Crippen molar-refractivity contribution in [2.45, 2.75) is 26.3 Å². The lowest BCUT2D eigenvalue weighted by Crippen LogP contribution is -2.40. The summed E-state index contributed by atoms with van der Waals surface area (Å²) in [5.74, 6) is 0.278. The highest BCUT2D eigenvalue weighted by Gasteiger charge is 2.27. The van der Waals surface area contributed by atoms with Crippen LogP contribution < -0.4 is 16.6 Å². The summed E-state index contributed by atoms with van der Waals surface area (Å²) in [5, 5.41) is 6.55. The van der Waals surface area contributed by atoms with E-state index in [1.165, 1.54) is 36.9 Å². The van der Waals surface area contributed by atoms with Gasteiger partial charge in [-0.2, -0.15) is 4.98 Å². The molecule has 0 radical (unpaired) electrons. The summed E-state index contributed by atoms with van der Waals surface area (Å²) in [6, 6.07) is 0. The predicted molar refractivity (Wildman–Crippen MR) is 87.0 cm³/mol. The zero-order chi connectivity index (χ0) is 18.1. The van der Waals surface area contributed by atoms with Crippen molar-refractivity contribution >= 4 is 18.1 Å². The monoisotopic (exact) mass is 333 g/mol. The van der Waals surface area contributed by atoms with Gasteiger partial charge in [-0.25, -0.2) is 4.79 Å². The SMILES string of the molecule is CC(=O)NC(C)(C)c1noc(C=Cc2cn(C)c(=O)n(C)c2=O)n1. The van der Waals surface area contributed by atoms with Crippen molar-refractivity contribution in [1.82, 2.24) is 24.6 Å². The van der Waals surface area contributed by atoms with Crippen molar-refractivity contribution in [3.8, 4) is 0 Å². The number of rotatable bonds is 4. The molecular formula is C15H19N5O4. The van der Waals surface area contributed by atoms with E-state index < -0.39 is 16.8 Å². The summed E-state index contributed by atoms with van der Waals surface area (Å²) in [4.78, 5) is 39.1. The molecule has 0 bridgehead atoms. The average Bonchev–Trinajstić information content (AvgIpc) is 2.96. The Kier molecular flexibility index (Phi) is 4.54. The van der Waals surface area contributed by atoms with Gasteiger partial charge in [0.2, 0.25) is 5.91 Å². The van der Waals surface area contributed by atoms with E-state index in [1.807, 2.05) is 0 Å². The second kappa shape index (κ2) is 6.26. The van der Waals surface area contributed by atoms with Crippen molar-refractivity contribution in [2.75, 3.05) is 0 Å². The zero-order valence-corrected chi connectivity index (χ0v) is 14.2. The molecule has 0 aliphatic carbocycles. The van der Waals surface area contributed by atoms with Crippen molar-refractivity contribution < 1.29 is 9.32 Å². The van der Waals surface area contributed by atoms with E-state index in [0.29, 0.717) is 11.4 Å². The average molecular weight is 333 g/mol. The van der Waals surface area contributed by atoms with Gasteiger partial charge >= 0.3 is 5.69 Å². The lowest BCUT2D eigenvalue weighted by molar-refractivity contribution is -0.120. The topological polar surface area (TPSA) is 112 Å². The van der Waals surface area contributed by atoms with Gasteiger partial charge < -0.3 is 14.4 Å². The van der Waals surface area contributed by atoms with Gasteiger partial charge in [0.15, 0.2) is 5.82 Å². The molecule has 24 heavy (non-hydrogen) atoms. The molecule has 1 amide bonds. The van der Waals surface area contributed by atoms with Gasteiger partial charge in [0, 0.05) is 33.3 Å². The van der Waals surface area contributed by atoms with Crippen LogP contribution in [-0.2, 0) is 24.4 Å². The van der Waals surface area contributed by atoms with Gasteiger partial charge in [0.1, 0.15) is 0 Å². The fourth-order valence-corrected chi connectivity index (χ4v) is 2.16. The van der Waals surface area contributed by atoms with E-state index in [-0.39, 0.29) is 11.8 Å². The molecule has 2 heterocycles. The molecule has 2 aromatic rings. The highest BCUT2D eigenvalue weighted by Crippen LogP contribution is 2.17. The molecule has 2 aromatic heterocycles. The van der Waals surface area contributed by atoms with Crippen molar-refractivity contribution in [1.29, 1.82) is 0 Å². The molecule has 128 valence electrons. The van der Waals surface area contributed by atoms with Crippen LogP contribution in [0.15, 0.2) is 20.3 Å². The van der Waals surface area contributed by atoms with Gasteiger partial charge in [-0.15, -0.1) is 0 Å². The first kappa shape index (κ1) is 17.4. The fraction of sp³-hybridized carbons (Fsp3) is 0.400. The van der Waals surface area contributed by atoms with Gasteiger partial charge in [0.25, 0.3) is 11.4 Å². The summed E-state index contributed by atoms with van der Waals surface area (Å²) in [6.07, 6.45) is 4.39. The van der Waals surface area contributed by atoms with Crippen LogP contribution in [0.5, 0.6) is 0 Å². The molecule has 0 saturated heterocycles. The molecule has 9 nitrogen and oxygen atoms in total. The van der Waals surface area contributed by atoms with Crippen LogP contribution in [-0.4, -0.2) is 25.2 Å². The number of hydrogen-bond acceptors (Lipinski definition) is 6. The Hall–Kier alpha value is -2.97. The molecule has 9 heteroatoms. The molecule has 0 fully saturated rings. The largest absolute Gasteiger partial charge is 0.344 e. The lowest BCUT2D eigenvalue weighted by Gasteiger charge is -2.20. The first-order chi connectivity index (χ1) is 11.1. The number of amides is 1. The van der Waals surface area contributed by atoms with Gasteiger partial charge in [-0.05, 0) is 19.9 Å². The maximum atomic E-state index is 12.0. The molecule has 0 saturated carbocycles. The summed E-state index contributed by atoms with van der Waals surface area (Å²) >= 11 is 0. The number of aromatic nitrogens is 4. The van der Waals surface area contributed by atoms with Crippen molar-refractivity contribution in [3.63, 3.8) is 0 Å². The third kappa shape index (κ3) is 3.50. The van der Waals surface area contributed by atoms with Crippen molar-refractivity contribution in [3.05, 3.63) is 44.3 Å². The van der Waals surface area contributed by atoms with Crippen LogP contribution in [0.4, 0.5) is 0 Å². The summed E-state index contributed by atoms with van der Waals surface area (Å²) in [7, 11) is 2.96. The quantitative estimate of drug-likeness (QED) is 0.843. The third-order valence-corrected chi connectivity index (χ3v) is 3.37. The minimum Gasteiger partial charge on any atom is -0.344 e. The zero-order valence-electron chi connectivity index (χ0n) is 14.2. The van der Waals surface area contributed by atoms with Crippen LogP contribution in [0.1, 0.15) is 38.0 Å². The van der Waals surface area contributed by atoms with Gasteiger partial charge in [-0.1, -0.05) is 5.16 Å². The Morgan fingerprint density at radius 1 is 1.29 bits per heavy atom. The Balaban J connectivity index is 2.31. The Morgan fingerprint density at radius 2 is 1.96 bits per heavy atom. The van der Waals surface area contributed by atoms with Crippen LogP contribution >= 0.6 is 0 Å². The number of carbonyl (C=O) groups excluding carboxylic acids is 1. The summed E-state index contributed by atoms with van der Waals surface area (Å²) < 4.78 is 7.42. The Bertz CT molecular complexity index is 917. The first-order valence-corrected chi connectivity index (χ1v) is 7.19.